The number of carboxylic acids is 1. The third-order valence-electron chi connectivity index (χ3n) is 2.82. The molecule has 1 aromatic heterocycles. The highest BCUT2D eigenvalue weighted by molar-refractivity contribution is 6.04. The third kappa shape index (κ3) is 2.45. The second-order valence-electron chi connectivity index (χ2n) is 4.83. The van der Waals surface area contributed by atoms with Gasteiger partial charge in [-0.2, -0.15) is 0 Å². The molecule has 0 saturated carbocycles. The van der Waals surface area contributed by atoms with Crippen LogP contribution in [0.1, 0.15) is 29.8 Å². The minimum atomic E-state index is -1.33. The van der Waals surface area contributed by atoms with Gasteiger partial charge in [-0.05, 0) is 30.0 Å². The molecule has 2 N–H and O–H groups in total. The number of carboxylic acid groups (broad SMARTS) is 1. The average molecular weight is 262 g/mol. The Morgan fingerprint density at radius 1 is 1.37 bits per heavy atom. The number of aromatic hydroxyl groups is 1. The van der Waals surface area contributed by atoms with Crippen LogP contribution in [0.2, 0.25) is 0 Å². The summed E-state index contributed by atoms with van der Waals surface area (Å²) in [4.78, 5) is 22.7. The van der Waals surface area contributed by atoms with Crippen molar-refractivity contribution in [1.29, 1.82) is 0 Å². The van der Waals surface area contributed by atoms with E-state index in [9.17, 15) is 14.7 Å². The van der Waals surface area contributed by atoms with Crippen LogP contribution in [0.3, 0.4) is 0 Å². The van der Waals surface area contributed by atoms with Crippen molar-refractivity contribution in [2.45, 2.75) is 20.3 Å². The number of hydrogen-bond acceptors (Lipinski definition) is 4. The molecule has 0 atom stereocenters. The van der Waals surface area contributed by atoms with Crippen LogP contribution in [-0.4, -0.2) is 16.2 Å². The van der Waals surface area contributed by atoms with E-state index in [-0.39, 0.29) is 11.1 Å². The summed E-state index contributed by atoms with van der Waals surface area (Å²) in [5, 5.41) is 19.2. The van der Waals surface area contributed by atoms with Gasteiger partial charge in [-0.15, -0.1) is 0 Å². The third-order valence-corrected chi connectivity index (χ3v) is 2.82. The number of aromatic carboxylic acids is 1. The molecular weight excluding hydrogens is 248 g/mol. The summed E-state index contributed by atoms with van der Waals surface area (Å²) in [6.45, 7) is 4.00. The lowest BCUT2D eigenvalue weighted by molar-refractivity contribution is 0.0694. The first-order valence-corrected chi connectivity index (χ1v) is 5.92. The number of fused-ring (bicyclic) bond motifs is 1. The number of hydrogen-bond donors (Lipinski definition) is 2. The van der Waals surface area contributed by atoms with E-state index < -0.39 is 17.3 Å². The number of carbonyl (C=O) groups is 1. The van der Waals surface area contributed by atoms with Gasteiger partial charge < -0.3 is 14.6 Å². The first kappa shape index (κ1) is 13.1. The highest BCUT2D eigenvalue weighted by atomic mass is 16.4. The molecule has 5 nitrogen and oxygen atoms in total. The van der Waals surface area contributed by atoms with Crippen LogP contribution in [0.15, 0.2) is 27.4 Å². The lowest BCUT2D eigenvalue weighted by Gasteiger charge is -2.09. The standard InChI is InChI=1S/C14H14O5/c1-7(2)5-8-6-11(16)19-13-9(8)3-4-10(15)12(13)14(17)18/h3-4,6-7,15H,5H2,1-2H3,(H,17,18). The maximum absolute atomic E-state index is 11.5. The van der Waals surface area contributed by atoms with Crippen LogP contribution >= 0.6 is 0 Å². The van der Waals surface area contributed by atoms with Gasteiger partial charge >= 0.3 is 11.6 Å². The maximum atomic E-state index is 11.5. The Balaban J connectivity index is 2.84. The molecule has 0 saturated heterocycles. The summed E-state index contributed by atoms with van der Waals surface area (Å²) in [5.74, 6) is -1.43. The van der Waals surface area contributed by atoms with E-state index in [4.69, 9.17) is 9.52 Å². The van der Waals surface area contributed by atoms with Gasteiger partial charge in [0.1, 0.15) is 11.3 Å². The summed E-state index contributed by atoms with van der Waals surface area (Å²) in [7, 11) is 0. The fourth-order valence-electron chi connectivity index (χ4n) is 2.10. The van der Waals surface area contributed by atoms with Crippen molar-refractivity contribution >= 4 is 16.9 Å². The molecule has 0 spiro atoms. The minimum absolute atomic E-state index is 0.0735. The van der Waals surface area contributed by atoms with Gasteiger partial charge in [-0.3, -0.25) is 0 Å². The van der Waals surface area contributed by atoms with Crippen molar-refractivity contribution in [2.75, 3.05) is 0 Å². The lowest BCUT2D eigenvalue weighted by atomic mass is 9.98. The lowest BCUT2D eigenvalue weighted by Crippen LogP contribution is -2.07. The zero-order valence-electron chi connectivity index (χ0n) is 10.6. The van der Waals surface area contributed by atoms with Crippen molar-refractivity contribution in [3.63, 3.8) is 0 Å². The van der Waals surface area contributed by atoms with E-state index in [2.05, 4.69) is 0 Å². The summed E-state index contributed by atoms with van der Waals surface area (Å²) in [5.41, 5.74) is -0.337. The molecule has 0 radical (unpaired) electrons. The maximum Gasteiger partial charge on any atom is 0.343 e. The van der Waals surface area contributed by atoms with Gasteiger partial charge in [0.25, 0.3) is 0 Å². The van der Waals surface area contributed by atoms with Crippen LogP contribution in [-0.2, 0) is 6.42 Å². The monoisotopic (exact) mass is 262 g/mol. The number of rotatable bonds is 3. The van der Waals surface area contributed by atoms with Crippen LogP contribution in [0.4, 0.5) is 0 Å². The molecule has 19 heavy (non-hydrogen) atoms. The van der Waals surface area contributed by atoms with E-state index in [0.717, 1.165) is 5.56 Å². The molecule has 0 aliphatic heterocycles. The Hall–Kier alpha value is -2.30. The van der Waals surface area contributed by atoms with E-state index in [0.29, 0.717) is 17.7 Å². The summed E-state index contributed by atoms with van der Waals surface area (Å²) >= 11 is 0. The second kappa shape index (κ2) is 4.76. The van der Waals surface area contributed by atoms with Gasteiger partial charge in [0.2, 0.25) is 0 Å². The summed E-state index contributed by atoms with van der Waals surface area (Å²) in [6, 6.07) is 4.23. The molecule has 1 aromatic carbocycles. The zero-order chi connectivity index (χ0) is 14.2. The molecule has 0 aliphatic carbocycles. The van der Waals surface area contributed by atoms with Gasteiger partial charge in [0, 0.05) is 11.5 Å². The van der Waals surface area contributed by atoms with Gasteiger partial charge in [0.05, 0.1) is 0 Å². The zero-order valence-corrected chi connectivity index (χ0v) is 10.6. The first-order valence-electron chi connectivity index (χ1n) is 5.92. The van der Waals surface area contributed by atoms with E-state index >= 15 is 0 Å². The van der Waals surface area contributed by atoms with Crippen LogP contribution in [0.25, 0.3) is 11.0 Å². The predicted octanol–water partition coefficient (Wildman–Crippen LogP) is 2.40. The predicted molar refractivity (Wildman–Crippen MR) is 69.7 cm³/mol. The van der Waals surface area contributed by atoms with Crippen molar-refractivity contribution in [3.05, 3.63) is 39.7 Å². The fraction of sp³-hybridized carbons (Fsp3) is 0.286. The Morgan fingerprint density at radius 3 is 2.63 bits per heavy atom. The van der Waals surface area contributed by atoms with Crippen LogP contribution < -0.4 is 5.63 Å². The largest absolute Gasteiger partial charge is 0.507 e. The quantitative estimate of drug-likeness (QED) is 0.829. The van der Waals surface area contributed by atoms with Gasteiger partial charge in [-0.25, -0.2) is 9.59 Å². The Labute approximate surface area is 109 Å². The van der Waals surface area contributed by atoms with Crippen molar-refractivity contribution in [3.8, 4) is 5.75 Å². The average Bonchev–Trinajstić information content (AvgIpc) is 2.26. The van der Waals surface area contributed by atoms with Crippen LogP contribution in [0, 0.1) is 5.92 Å². The fourth-order valence-corrected chi connectivity index (χ4v) is 2.10. The molecule has 0 unspecified atom stereocenters. The van der Waals surface area contributed by atoms with Crippen molar-refractivity contribution < 1.29 is 19.4 Å². The van der Waals surface area contributed by atoms with E-state index in [1.165, 1.54) is 12.1 Å². The normalized spacial score (nSPS) is 11.1. The molecule has 0 amide bonds. The highest BCUT2D eigenvalue weighted by Gasteiger charge is 2.19. The smallest absolute Gasteiger partial charge is 0.343 e. The van der Waals surface area contributed by atoms with Crippen LogP contribution in [0.5, 0.6) is 5.75 Å². The first-order chi connectivity index (χ1) is 8.90. The second-order valence-corrected chi connectivity index (χ2v) is 4.83. The SMILES string of the molecule is CC(C)Cc1cc(=O)oc2c(C(=O)O)c(O)ccc12. The molecule has 100 valence electrons. The van der Waals surface area contributed by atoms with Gasteiger partial charge in [0.15, 0.2) is 5.58 Å². The summed E-state index contributed by atoms with van der Waals surface area (Å²) < 4.78 is 4.96. The molecule has 0 bridgehead atoms. The van der Waals surface area contributed by atoms with E-state index in [1.54, 1.807) is 6.07 Å². The number of phenols is 1. The molecular formula is C14H14O5. The molecule has 0 fully saturated rings. The molecule has 0 aliphatic rings. The number of benzene rings is 1. The summed E-state index contributed by atoms with van der Waals surface area (Å²) in [6.07, 6.45) is 0.631. The van der Waals surface area contributed by atoms with Gasteiger partial charge in [-0.1, -0.05) is 13.8 Å². The molecule has 5 heteroatoms. The van der Waals surface area contributed by atoms with Crippen molar-refractivity contribution in [2.24, 2.45) is 5.92 Å². The molecule has 2 rings (SSSR count). The Morgan fingerprint density at radius 2 is 2.05 bits per heavy atom. The minimum Gasteiger partial charge on any atom is -0.507 e. The molecule has 1 heterocycles. The molecule has 2 aromatic rings. The Bertz CT molecular complexity index is 697. The topological polar surface area (TPSA) is 87.7 Å². The Kier molecular flexibility index (Phi) is 3.29. The highest BCUT2D eigenvalue weighted by Crippen LogP contribution is 2.29. The van der Waals surface area contributed by atoms with Crippen molar-refractivity contribution in [1.82, 2.24) is 0 Å². The van der Waals surface area contributed by atoms with E-state index in [1.807, 2.05) is 13.8 Å².